The monoisotopic (exact) mass is 880 g/mol. The van der Waals surface area contributed by atoms with Crippen LogP contribution in [-0.4, -0.2) is 48.9 Å². The Bertz CT molecular complexity index is 1020. The lowest BCUT2D eigenvalue weighted by molar-refractivity contribution is -0.118. The average Bonchev–Trinajstić information content (AvgIpc) is 2.99. The summed E-state index contributed by atoms with van der Waals surface area (Å²) in [5.74, 6) is 4.28. The maximum atomic E-state index is 10.9. The number of ketones is 5. The molecule has 0 aromatic carbocycles. The zero-order valence-corrected chi connectivity index (χ0v) is 39.8. The minimum Gasteiger partial charge on any atom is -0.384 e. The van der Waals surface area contributed by atoms with Crippen LogP contribution in [0.2, 0.25) is 0 Å². The van der Waals surface area contributed by atoms with Gasteiger partial charge in [0.05, 0.1) is 0 Å². The molecule has 0 heterocycles. The van der Waals surface area contributed by atoms with Gasteiger partial charge in [0.2, 0.25) is 0 Å². The lowest BCUT2D eigenvalue weighted by Gasteiger charge is -2.15. The van der Waals surface area contributed by atoms with Gasteiger partial charge in [-0.25, -0.2) is 0 Å². The van der Waals surface area contributed by atoms with E-state index < -0.39 is 0 Å². The first-order valence-corrected chi connectivity index (χ1v) is 19.7. The van der Waals surface area contributed by atoms with Gasteiger partial charge in [-0.15, -0.1) is 0 Å². The summed E-state index contributed by atoms with van der Waals surface area (Å²) in [6, 6.07) is 0. The number of aldehydes is 1. The molecule has 0 aliphatic carbocycles. The number of methoxy groups -OCH3 is 1. The fourth-order valence-electron chi connectivity index (χ4n) is 3.69. The van der Waals surface area contributed by atoms with E-state index in [0.717, 1.165) is 31.3 Å². The maximum absolute atomic E-state index is 10.9. The standard InChI is InChI=1S/C13H22O.C10H17IO.C9H16O2.C5H12O.C4H6O.C3H6O.H2S/c1-10(2)6-8-13(11(3)4)9-7-12(5)14;1-8(2)10(6-7-11)5-4-9(3)12;1-7(2)9(6-10)5-4-8(3)11;1-5(2)4-6-3;1-3-4(2)5;1-3(2)4;/h6,8,11,13H,1,7,9H2,2-5H3;6-8,10H,4-5H2,1-3H3;6-7,9H,4-5H2,1-3H3;5H,4H2,1-3H3;3H,1H2,2H3;1-2H3;1H2/b8-6-;7-6-;;;;;/t13-;10-;9-;;;;/m011..../s1. The molecule has 0 saturated carbocycles. The molecule has 53 heavy (non-hydrogen) atoms. The van der Waals surface area contributed by atoms with Crippen LogP contribution in [0.25, 0.3) is 0 Å². The Labute approximate surface area is 347 Å². The molecule has 0 amide bonds. The van der Waals surface area contributed by atoms with Gasteiger partial charge in [-0.3, -0.25) is 4.79 Å². The lowest BCUT2D eigenvalue weighted by atomic mass is 9.90. The van der Waals surface area contributed by atoms with Crippen LogP contribution in [0, 0.1) is 41.4 Å². The molecule has 0 saturated heterocycles. The highest BCUT2D eigenvalue weighted by atomic mass is 127. The van der Waals surface area contributed by atoms with Gasteiger partial charge in [0.1, 0.15) is 29.4 Å². The van der Waals surface area contributed by atoms with Crippen molar-refractivity contribution in [2.75, 3.05) is 13.7 Å². The van der Waals surface area contributed by atoms with Crippen LogP contribution in [0.5, 0.6) is 0 Å². The molecule has 0 unspecified atom stereocenters. The fourth-order valence-corrected chi connectivity index (χ4v) is 4.22. The van der Waals surface area contributed by atoms with E-state index in [4.69, 9.17) is 4.74 Å². The number of carbonyl (C=O) groups is 6. The topological polar surface area (TPSA) is 112 Å². The van der Waals surface area contributed by atoms with Crippen molar-refractivity contribution in [3.8, 4) is 0 Å². The number of hydrogen-bond donors (Lipinski definition) is 0. The molecule has 0 fully saturated rings. The van der Waals surface area contributed by atoms with E-state index in [1.54, 1.807) is 27.9 Å². The van der Waals surface area contributed by atoms with Gasteiger partial charge >= 0.3 is 0 Å². The van der Waals surface area contributed by atoms with Gasteiger partial charge in [0.15, 0.2) is 5.78 Å². The molecule has 9 heteroatoms. The van der Waals surface area contributed by atoms with Crippen LogP contribution in [0.3, 0.4) is 0 Å². The number of Topliss-reactive ketones (excluding diaryl/α,β-unsaturated/α-hetero) is 4. The van der Waals surface area contributed by atoms with E-state index >= 15 is 0 Å². The third-order valence-corrected chi connectivity index (χ3v) is 7.38. The minimum absolute atomic E-state index is 0. The number of carbonyl (C=O) groups excluding carboxylic acids is 6. The normalized spacial score (nSPS) is 11.7. The van der Waals surface area contributed by atoms with Crippen LogP contribution in [0.4, 0.5) is 0 Å². The summed E-state index contributed by atoms with van der Waals surface area (Å²) in [5.41, 5.74) is 1.07. The number of rotatable bonds is 19. The predicted octanol–water partition coefficient (Wildman–Crippen LogP) is 11.9. The Balaban J connectivity index is -0.000000100. The highest BCUT2D eigenvalue weighted by Gasteiger charge is 2.12. The molecule has 0 aromatic rings. The fraction of sp³-hybridized carbons (Fsp3) is 0.682. The van der Waals surface area contributed by atoms with Crippen LogP contribution < -0.4 is 0 Å². The molecule has 0 bridgehead atoms. The van der Waals surface area contributed by atoms with Crippen molar-refractivity contribution >= 4 is 71.3 Å². The second-order valence-corrected chi connectivity index (χ2v) is 15.4. The van der Waals surface area contributed by atoms with E-state index in [0.29, 0.717) is 67.0 Å². The van der Waals surface area contributed by atoms with Crippen molar-refractivity contribution in [1.82, 2.24) is 0 Å². The van der Waals surface area contributed by atoms with Gasteiger partial charge in [-0.05, 0) is 113 Å². The number of allylic oxidation sites excluding steroid dienone is 5. The summed E-state index contributed by atoms with van der Waals surface area (Å²) in [4.78, 5) is 61.8. The number of halogens is 1. The van der Waals surface area contributed by atoms with Gasteiger partial charge in [-0.2, -0.15) is 13.5 Å². The van der Waals surface area contributed by atoms with Crippen LogP contribution in [-0.2, 0) is 33.5 Å². The number of ether oxygens (including phenoxy) is 1. The van der Waals surface area contributed by atoms with Crippen molar-refractivity contribution in [1.29, 1.82) is 0 Å². The van der Waals surface area contributed by atoms with Crippen LogP contribution in [0.15, 0.2) is 47.1 Å². The molecule has 0 spiro atoms. The van der Waals surface area contributed by atoms with E-state index in [1.165, 1.54) is 26.8 Å². The number of hydrogen-bond acceptors (Lipinski definition) is 7. The molecule has 0 aliphatic heterocycles. The predicted molar refractivity (Wildman–Crippen MR) is 242 cm³/mol. The Morgan fingerprint density at radius 1 is 0.642 bits per heavy atom. The largest absolute Gasteiger partial charge is 0.384 e. The SMILES string of the molecule is C=C(C)/C=C\[C@@H](CCC(C)=O)C(C)C.C=CC(C)=O.CC(=O)CC[C@H](/C=C\I)C(C)C.CC(=O)CC[C@H](C=O)C(C)C.CC(C)=O.COCC(C)C.S. The van der Waals surface area contributed by atoms with E-state index in [9.17, 15) is 28.8 Å². The lowest BCUT2D eigenvalue weighted by Crippen LogP contribution is -2.11. The quantitative estimate of drug-likeness (QED) is 0.0550. The molecule has 7 nitrogen and oxygen atoms in total. The Hall–Kier alpha value is -1.98. The van der Waals surface area contributed by atoms with E-state index in [-0.39, 0.29) is 42.5 Å². The summed E-state index contributed by atoms with van der Waals surface area (Å²) in [6.45, 7) is 36.3. The first-order chi connectivity index (χ1) is 23.9. The molecule has 0 radical (unpaired) electrons. The van der Waals surface area contributed by atoms with Crippen molar-refractivity contribution < 1.29 is 33.5 Å². The summed E-state index contributed by atoms with van der Waals surface area (Å²) in [7, 11) is 1.72. The molecule has 3 atom stereocenters. The molecule has 0 N–H and O–H groups in total. The van der Waals surface area contributed by atoms with E-state index in [2.05, 4.69) is 89.4 Å². The van der Waals surface area contributed by atoms with Gasteiger partial charge in [0, 0.05) is 38.9 Å². The van der Waals surface area contributed by atoms with Crippen LogP contribution in [0.1, 0.15) is 142 Å². The first-order valence-electron chi connectivity index (χ1n) is 18.5. The maximum Gasteiger partial charge on any atom is 0.152 e. The Kier molecular flexibility index (Phi) is 57.4. The summed E-state index contributed by atoms with van der Waals surface area (Å²) in [6.07, 6.45) is 13.2. The second-order valence-electron chi connectivity index (χ2n) is 14.7. The van der Waals surface area contributed by atoms with Gasteiger partial charge < -0.3 is 28.7 Å². The summed E-state index contributed by atoms with van der Waals surface area (Å²) >= 11 is 2.23. The average molecular weight is 881 g/mol. The Morgan fingerprint density at radius 2 is 0.943 bits per heavy atom. The zero-order valence-electron chi connectivity index (χ0n) is 36.6. The highest BCUT2D eigenvalue weighted by Crippen LogP contribution is 2.20. The first kappa shape index (κ1) is 65.9. The van der Waals surface area contributed by atoms with Gasteiger partial charge in [-0.1, -0.05) is 115 Å². The van der Waals surface area contributed by atoms with E-state index in [1.807, 2.05) is 30.9 Å². The third kappa shape index (κ3) is 72.0. The molecule has 0 aromatic heterocycles. The minimum atomic E-state index is 0. The molecule has 0 rings (SSSR count). The van der Waals surface area contributed by atoms with Gasteiger partial charge in [0.25, 0.3) is 0 Å². The van der Waals surface area contributed by atoms with Crippen molar-refractivity contribution in [3.05, 3.63) is 47.1 Å². The van der Waals surface area contributed by atoms with Crippen LogP contribution >= 0.6 is 36.1 Å². The van der Waals surface area contributed by atoms with Crippen molar-refractivity contribution in [2.24, 2.45) is 41.4 Å². The highest BCUT2D eigenvalue weighted by molar-refractivity contribution is 14.1. The zero-order chi connectivity index (χ0) is 42.4. The molecule has 0 aliphatic rings. The Morgan fingerprint density at radius 3 is 1.11 bits per heavy atom. The molecular formula is C44H81IO7S. The molecular weight excluding hydrogens is 799 g/mol. The van der Waals surface area contributed by atoms with Crippen molar-refractivity contribution in [2.45, 2.75) is 142 Å². The van der Waals surface area contributed by atoms with Crippen molar-refractivity contribution in [3.63, 3.8) is 0 Å². The molecule has 312 valence electrons. The smallest absolute Gasteiger partial charge is 0.152 e. The third-order valence-electron chi connectivity index (χ3n) is 6.97. The summed E-state index contributed by atoms with van der Waals surface area (Å²) < 4.78 is 6.85. The second kappa shape index (κ2) is 46.2. The summed E-state index contributed by atoms with van der Waals surface area (Å²) in [5, 5.41) is 0.